The summed E-state index contributed by atoms with van der Waals surface area (Å²) < 4.78 is 74.5. The van der Waals surface area contributed by atoms with Gasteiger partial charge >= 0.3 is 5.69 Å². The molecule has 0 N–H and O–H groups in total. The minimum atomic E-state index is -3.81. The van der Waals surface area contributed by atoms with Crippen LogP contribution < -0.4 is 14.9 Å². The van der Waals surface area contributed by atoms with Gasteiger partial charge in [0.25, 0.3) is 0 Å². The Morgan fingerprint density at radius 1 is 1.09 bits per heavy atom. The number of hydrogen-bond donors (Lipinski definition) is 0. The SMILES string of the molecule is C=CC(=O)N1CCN(c2nc(=O)n(-c3c(N(C)S(=O)(=O)C4CC4)ccnc3C)c3nc(-c4c(F)cccc4F)c(F)cc23)[C@@H](C)C1. The smallest absolute Gasteiger partial charge is 0.350 e. The second-order valence-corrected chi connectivity index (χ2v) is 13.6. The molecule has 0 spiro atoms. The number of fused-ring (bicyclic) bond motifs is 1. The maximum atomic E-state index is 15.9. The van der Waals surface area contributed by atoms with Crippen LogP contribution in [0.1, 0.15) is 25.5 Å². The van der Waals surface area contributed by atoms with E-state index in [4.69, 9.17) is 0 Å². The monoisotopic (exact) mass is 653 g/mol. The van der Waals surface area contributed by atoms with Crippen molar-refractivity contribution in [3.8, 4) is 16.9 Å². The van der Waals surface area contributed by atoms with Crippen molar-refractivity contribution in [1.29, 1.82) is 0 Å². The van der Waals surface area contributed by atoms with Crippen molar-refractivity contribution in [2.24, 2.45) is 0 Å². The van der Waals surface area contributed by atoms with Gasteiger partial charge in [0.2, 0.25) is 15.9 Å². The molecule has 0 unspecified atom stereocenters. The molecule has 1 aliphatic heterocycles. The fourth-order valence-corrected chi connectivity index (χ4v) is 7.43. The highest BCUT2D eigenvalue weighted by molar-refractivity contribution is 7.93. The van der Waals surface area contributed by atoms with Crippen molar-refractivity contribution in [2.75, 3.05) is 35.9 Å². The molecule has 15 heteroatoms. The van der Waals surface area contributed by atoms with Gasteiger partial charge in [-0.1, -0.05) is 12.6 Å². The van der Waals surface area contributed by atoms with E-state index in [1.54, 1.807) is 23.6 Å². The van der Waals surface area contributed by atoms with Gasteiger partial charge in [-0.15, -0.1) is 0 Å². The molecular formula is C31H30F3N7O4S. The maximum absolute atomic E-state index is 15.9. The molecule has 2 aliphatic rings. The minimum Gasteiger partial charge on any atom is -0.350 e. The molecule has 2 fully saturated rings. The molecule has 0 bridgehead atoms. The Labute approximate surface area is 262 Å². The Morgan fingerprint density at radius 3 is 2.41 bits per heavy atom. The number of nitrogens with zero attached hydrogens (tertiary/aromatic N) is 7. The molecule has 1 aromatic carbocycles. The zero-order valence-electron chi connectivity index (χ0n) is 25.2. The summed E-state index contributed by atoms with van der Waals surface area (Å²) in [6.45, 7) is 7.61. The third kappa shape index (κ3) is 5.17. The van der Waals surface area contributed by atoms with E-state index in [9.17, 15) is 26.8 Å². The van der Waals surface area contributed by atoms with Crippen LogP contribution in [0.15, 0.2) is 54.0 Å². The van der Waals surface area contributed by atoms with Gasteiger partial charge in [0.05, 0.1) is 33.3 Å². The lowest BCUT2D eigenvalue weighted by Gasteiger charge is -2.40. The quantitative estimate of drug-likeness (QED) is 0.277. The van der Waals surface area contributed by atoms with E-state index in [0.717, 1.165) is 33.1 Å². The first-order chi connectivity index (χ1) is 21.8. The van der Waals surface area contributed by atoms with E-state index in [1.807, 2.05) is 0 Å². The van der Waals surface area contributed by atoms with E-state index in [2.05, 4.69) is 21.5 Å². The molecule has 1 amide bonds. The summed E-state index contributed by atoms with van der Waals surface area (Å²) in [6, 6.07) is 5.09. The Balaban J connectivity index is 1.65. The highest BCUT2D eigenvalue weighted by atomic mass is 32.2. The third-order valence-electron chi connectivity index (χ3n) is 8.36. The maximum Gasteiger partial charge on any atom is 0.355 e. The van der Waals surface area contributed by atoms with Crippen LogP contribution in [0.3, 0.4) is 0 Å². The molecule has 11 nitrogen and oxygen atoms in total. The summed E-state index contributed by atoms with van der Waals surface area (Å²) in [5.74, 6) is -3.44. The summed E-state index contributed by atoms with van der Waals surface area (Å²) in [5.41, 5.74) is -2.23. The number of carbonyl (C=O) groups excluding carboxylic acids is 1. The van der Waals surface area contributed by atoms with Gasteiger partial charge in [0.15, 0.2) is 11.5 Å². The molecule has 0 radical (unpaired) electrons. The fourth-order valence-electron chi connectivity index (χ4n) is 5.83. The standard InChI is InChI=1S/C31H30F3N7O4S/c1-5-25(42)39-13-14-40(17(2)16-39)29-20-15-23(34)27(26-21(32)7-6-8-22(26)33)36-30(20)41(31(43)37-29)28-18(3)35-12-11-24(28)38(4)46(44,45)19-9-10-19/h5-8,11-12,15,17,19H,1,9-10,13-14,16H2,2-4H3/t17-/m0/s1. The zero-order valence-corrected chi connectivity index (χ0v) is 26.1. The summed E-state index contributed by atoms with van der Waals surface area (Å²) in [4.78, 5) is 42.6. The largest absolute Gasteiger partial charge is 0.355 e. The van der Waals surface area contributed by atoms with Crippen molar-refractivity contribution in [2.45, 2.75) is 38.0 Å². The van der Waals surface area contributed by atoms with Crippen molar-refractivity contribution < 1.29 is 26.4 Å². The van der Waals surface area contributed by atoms with Gasteiger partial charge in [0.1, 0.15) is 23.1 Å². The molecule has 240 valence electrons. The molecule has 1 atom stereocenters. The first-order valence-corrected chi connectivity index (χ1v) is 16.0. The number of benzene rings is 1. The van der Waals surface area contributed by atoms with Gasteiger partial charge < -0.3 is 9.80 Å². The number of halogens is 3. The van der Waals surface area contributed by atoms with Crippen molar-refractivity contribution >= 4 is 38.5 Å². The number of carbonyl (C=O) groups is 1. The minimum absolute atomic E-state index is 0.0109. The van der Waals surface area contributed by atoms with Crippen LogP contribution in [0.5, 0.6) is 0 Å². The predicted octanol–water partition coefficient (Wildman–Crippen LogP) is 3.72. The number of pyridine rings is 2. The number of aromatic nitrogens is 4. The fraction of sp³-hybridized carbons (Fsp3) is 0.323. The number of sulfonamides is 1. The predicted molar refractivity (Wildman–Crippen MR) is 167 cm³/mol. The summed E-state index contributed by atoms with van der Waals surface area (Å²) in [5, 5.41) is -0.557. The van der Waals surface area contributed by atoms with Gasteiger partial charge in [-0.05, 0) is 57.0 Å². The van der Waals surface area contributed by atoms with Crippen LogP contribution in [0.25, 0.3) is 28.0 Å². The molecule has 46 heavy (non-hydrogen) atoms. The molecule has 1 saturated carbocycles. The second kappa shape index (κ2) is 11.5. The molecule has 3 aromatic heterocycles. The summed E-state index contributed by atoms with van der Waals surface area (Å²) in [7, 11) is -2.44. The van der Waals surface area contributed by atoms with Crippen LogP contribution in [0.4, 0.5) is 24.7 Å². The molecule has 6 rings (SSSR count). The van der Waals surface area contributed by atoms with Crippen LogP contribution in [-0.2, 0) is 14.8 Å². The molecular weight excluding hydrogens is 623 g/mol. The Bertz CT molecular complexity index is 2060. The number of aryl methyl sites for hydroxylation is 1. The summed E-state index contributed by atoms with van der Waals surface area (Å²) >= 11 is 0. The Hall–Kier alpha value is -4.79. The number of anilines is 2. The lowest BCUT2D eigenvalue weighted by atomic mass is 10.1. The van der Waals surface area contributed by atoms with Crippen molar-refractivity contribution in [3.05, 3.63) is 82.8 Å². The second-order valence-electron chi connectivity index (χ2n) is 11.3. The highest BCUT2D eigenvalue weighted by Crippen LogP contribution is 2.38. The molecule has 1 aliphatic carbocycles. The highest BCUT2D eigenvalue weighted by Gasteiger charge is 2.40. The van der Waals surface area contributed by atoms with Crippen molar-refractivity contribution in [3.63, 3.8) is 0 Å². The first kappa shape index (κ1) is 31.2. The van der Waals surface area contributed by atoms with E-state index in [1.165, 1.54) is 25.4 Å². The number of amides is 1. The lowest BCUT2D eigenvalue weighted by Crippen LogP contribution is -2.54. The molecule has 1 saturated heterocycles. The van der Waals surface area contributed by atoms with Crippen LogP contribution in [0.2, 0.25) is 0 Å². The van der Waals surface area contributed by atoms with E-state index in [-0.39, 0.29) is 65.5 Å². The average Bonchev–Trinajstić information content (AvgIpc) is 3.87. The topological polar surface area (TPSA) is 122 Å². The van der Waals surface area contributed by atoms with Gasteiger partial charge in [-0.25, -0.2) is 35.9 Å². The van der Waals surface area contributed by atoms with Crippen LogP contribution in [0, 0.1) is 24.4 Å². The van der Waals surface area contributed by atoms with Gasteiger partial charge in [-0.2, -0.15) is 4.98 Å². The van der Waals surface area contributed by atoms with Crippen LogP contribution >= 0.6 is 0 Å². The summed E-state index contributed by atoms with van der Waals surface area (Å²) in [6.07, 6.45) is 3.58. The number of rotatable bonds is 7. The number of hydrogen-bond acceptors (Lipinski definition) is 8. The van der Waals surface area contributed by atoms with Crippen molar-refractivity contribution in [1.82, 2.24) is 24.4 Å². The zero-order chi connectivity index (χ0) is 33.1. The van der Waals surface area contributed by atoms with E-state index >= 15 is 4.39 Å². The molecule has 4 heterocycles. The Kier molecular flexibility index (Phi) is 7.82. The third-order valence-corrected chi connectivity index (χ3v) is 10.6. The molecule has 4 aromatic rings. The average molecular weight is 654 g/mol. The number of piperazine rings is 1. The van der Waals surface area contributed by atoms with Gasteiger partial charge in [-0.3, -0.25) is 14.1 Å². The van der Waals surface area contributed by atoms with E-state index < -0.39 is 49.7 Å². The van der Waals surface area contributed by atoms with Crippen LogP contribution in [-0.4, -0.2) is 76.7 Å². The normalized spacial score (nSPS) is 17.0. The first-order valence-electron chi connectivity index (χ1n) is 14.5. The lowest BCUT2D eigenvalue weighted by molar-refractivity contribution is -0.126. The Morgan fingerprint density at radius 2 is 1.78 bits per heavy atom. The van der Waals surface area contributed by atoms with E-state index in [0.29, 0.717) is 12.8 Å². The van der Waals surface area contributed by atoms with Gasteiger partial charge in [0, 0.05) is 38.9 Å².